The van der Waals surface area contributed by atoms with Crippen LogP contribution >= 0.6 is 35.4 Å². The Hall–Kier alpha value is -1.81. The molecule has 0 saturated carbocycles. The lowest BCUT2D eigenvalue weighted by molar-refractivity contribution is 1.61. The molecule has 0 saturated heterocycles. The zero-order valence-corrected chi connectivity index (χ0v) is 13.8. The number of hydrogen-bond donors (Lipinski definition) is 2. The summed E-state index contributed by atoms with van der Waals surface area (Å²) in [4.78, 5) is 0. The van der Waals surface area contributed by atoms with Crippen LogP contribution in [0.1, 0.15) is 0 Å². The molecule has 0 heterocycles. The van der Waals surface area contributed by atoms with Crippen LogP contribution < -0.4 is 10.6 Å². The first-order chi connectivity index (χ1) is 10.6. The zero-order chi connectivity index (χ0) is 15.5. The van der Waals surface area contributed by atoms with Crippen molar-refractivity contribution >= 4 is 62.7 Å². The molecule has 2 nitrogen and oxygen atoms in total. The summed E-state index contributed by atoms with van der Waals surface area (Å²) in [5.41, 5.74) is 1.67. The molecule has 0 spiro atoms. The average molecular weight is 347 g/mol. The summed E-state index contributed by atoms with van der Waals surface area (Å²) in [5.74, 6) is 0. The van der Waals surface area contributed by atoms with E-state index in [0.717, 1.165) is 16.8 Å². The molecule has 0 aliphatic heterocycles. The SMILES string of the molecule is S=C(Nc1cc(Cl)cc(Cl)c1)Nc1ccc2ccccc2c1. The van der Waals surface area contributed by atoms with E-state index in [4.69, 9.17) is 35.4 Å². The largest absolute Gasteiger partial charge is 0.332 e. The van der Waals surface area contributed by atoms with Gasteiger partial charge < -0.3 is 10.6 Å². The first kappa shape index (κ1) is 15.1. The molecule has 0 atom stereocenters. The minimum atomic E-state index is 0.480. The first-order valence-corrected chi connectivity index (χ1v) is 7.79. The molecule has 0 fully saturated rings. The topological polar surface area (TPSA) is 24.1 Å². The Morgan fingerprint density at radius 3 is 2.09 bits per heavy atom. The van der Waals surface area contributed by atoms with Crippen LogP contribution in [0.5, 0.6) is 0 Å². The van der Waals surface area contributed by atoms with Gasteiger partial charge in [0.05, 0.1) is 0 Å². The van der Waals surface area contributed by atoms with Crippen LogP contribution in [0.15, 0.2) is 60.7 Å². The van der Waals surface area contributed by atoms with Gasteiger partial charge in [-0.15, -0.1) is 0 Å². The van der Waals surface area contributed by atoms with Crippen molar-refractivity contribution in [1.82, 2.24) is 0 Å². The first-order valence-electron chi connectivity index (χ1n) is 6.63. The number of hydrogen-bond acceptors (Lipinski definition) is 1. The molecule has 2 N–H and O–H groups in total. The van der Waals surface area contributed by atoms with E-state index < -0.39 is 0 Å². The molecule has 0 unspecified atom stereocenters. The van der Waals surface area contributed by atoms with Gasteiger partial charge in [-0.25, -0.2) is 0 Å². The molecule has 110 valence electrons. The van der Waals surface area contributed by atoms with E-state index in [0.29, 0.717) is 15.2 Å². The van der Waals surface area contributed by atoms with Crippen LogP contribution in [0.25, 0.3) is 10.8 Å². The minimum absolute atomic E-state index is 0.480. The Bertz CT molecular complexity index is 829. The fourth-order valence-corrected chi connectivity index (χ4v) is 2.95. The van der Waals surface area contributed by atoms with E-state index in [-0.39, 0.29) is 0 Å². The van der Waals surface area contributed by atoms with Gasteiger partial charge in [-0.3, -0.25) is 0 Å². The second-order valence-corrected chi connectivity index (χ2v) is 6.08. The lowest BCUT2D eigenvalue weighted by atomic mass is 10.1. The molecule has 5 heteroatoms. The molecule has 22 heavy (non-hydrogen) atoms. The number of nitrogens with one attached hydrogen (secondary N) is 2. The van der Waals surface area contributed by atoms with E-state index in [1.54, 1.807) is 18.2 Å². The van der Waals surface area contributed by atoms with Crippen molar-refractivity contribution in [2.45, 2.75) is 0 Å². The molecule has 0 aliphatic carbocycles. The highest BCUT2D eigenvalue weighted by molar-refractivity contribution is 7.80. The Morgan fingerprint density at radius 1 is 0.727 bits per heavy atom. The van der Waals surface area contributed by atoms with Gasteiger partial charge in [-0.2, -0.15) is 0 Å². The van der Waals surface area contributed by atoms with Gasteiger partial charge in [0.1, 0.15) is 0 Å². The van der Waals surface area contributed by atoms with E-state index in [1.807, 2.05) is 24.3 Å². The lowest BCUT2D eigenvalue weighted by Gasteiger charge is -2.12. The normalized spacial score (nSPS) is 10.5. The third kappa shape index (κ3) is 3.69. The smallest absolute Gasteiger partial charge is 0.175 e. The summed E-state index contributed by atoms with van der Waals surface area (Å²) in [5, 5.41) is 10.2. The second-order valence-electron chi connectivity index (χ2n) is 4.80. The predicted molar refractivity (Wildman–Crippen MR) is 100 cm³/mol. The van der Waals surface area contributed by atoms with Crippen molar-refractivity contribution in [2.75, 3.05) is 10.6 Å². The summed E-state index contributed by atoms with van der Waals surface area (Å²) < 4.78 is 0. The van der Waals surface area contributed by atoms with Crippen molar-refractivity contribution in [1.29, 1.82) is 0 Å². The molecule has 3 aromatic rings. The van der Waals surface area contributed by atoms with Gasteiger partial charge in [-0.05, 0) is 53.3 Å². The number of rotatable bonds is 2. The van der Waals surface area contributed by atoms with Crippen molar-refractivity contribution < 1.29 is 0 Å². The molecule has 0 aromatic heterocycles. The van der Waals surface area contributed by atoms with Crippen LogP contribution in [0.3, 0.4) is 0 Å². The van der Waals surface area contributed by atoms with Gasteiger partial charge in [0.2, 0.25) is 0 Å². The Kier molecular flexibility index (Phi) is 4.48. The number of halogens is 2. The monoisotopic (exact) mass is 346 g/mol. The van der Waals surface area contributed by atoms with E-state index in [9.17, 15) is 0 Å². The molecule has 0 aliphatic rings. The Morgan fingerprint density at radius 2 is 1.36 bits per heavy atom. The average Bonchev–Trinajstić information content (AvgIpc) is 2.45. The lowest BCUT2D eigenvalue weighted by Crippen LogP contribution is -2.18. The minimum Gasteiger partial charge on any atom is -0.332 e. The van der Waals surface area contributed by atoms with Crippen LogP contribution in [0.2, 0.25) is 10.0 Å². The number of anilines is 2. The summed E-state index contributed by atoms with van der Waals surface area (Å²) in [6.45, 7) is 0. The second kappa shape index (κ2) is 6.53. The summed E-state index contributed by atoms with van der Waals surface area (Å²) in [6, 6.07) is 19.5. The van der Waals surface area contributed by atoms with Crippen LogP contribution in [-0.4, -0.2) is 5.11 Å². The summed E-state index contributed by atoms with van der Waals surface area (Å²) in [6.07, 6.45) is 0. The molecule has 0 amide bonds. The van der Waals surface area contributed by atoms with Crippen LogP contribution in [-0.2, 0) is 0 Å². The van der Waals surface area contributed by atoms with Gasteiger partial charge in [0.15, 0.2) is 5.11 Å². The van der Waals surface area contributed by atoms with Crippen molar-refractivity contribution in [2.24, 2.45) is 0 Å². The van der Waals surface area contributed by atoms with Gasteiger partial charge in [-0.1, -0.05) is 53.5 Å². The fourth-order valence-electron chi connectivity index (χ4n) is 2.19. The van der Waals surface area contributed by atoms with Gasteiger partial charge in [0.25, 0.3) is 0 Å². The highest BCUT2D eigenvalue weighted by Gasteiger charge is 2.02. The molecule has 0 bridgehead atoms. The fraction of sp³-hybridized carbons (Fsp3) is 0. The van der Waals surface area contributed by atoms with E-state index in [2.05, 4.69) is 28.8 Å². The maximum absolute atomic E-state index is 5.97. The van der Waals surface area contributed by atoms with Crippen molar-refractivity contribution in [3.63, 3.8) is 0 Å². The molecule has 0 radical (unpaired) electrons. The standard InChI is InChI=1S/C17H12Cl2N2S/c18-13-8-14(19)10-16(9-13)21-17(22)20-15-6-5-11-3-1-2-4-12(11)7-15/h1-10H,(H2,20,21,22). The van der Waals surface area contributed by atoms with Crippen molar-refractivity contribution in [3.8, 4) is 0 Å². The number of thiocarbonyl (C=S) groups is 1. The molecule has 3 aromatic carbocycles. The highest BCUT2D eigenvalue weighted by Crippen LogP contribution is 2.23. The molecular weight excluding hydrogens is 335 g/mol. The Balaban J connectivity index is 1.75. The maximum atomic E-state index is 5.97. The third-order valence-electron chi connectivity index (χ3n) is 3.13. The summed E-state index contributed by atoms with van der Waals surface area (Å²) in [7, 11) is 0. The quantitative estimate of drug-likeness (QED) is 0.560. The van der Waals surface area contributed by atoms with Crippen LogP contribution in [0, 0.1) is 0 Å². The molecule has 3 rings (SSSR count). The van der Waals surface area contributed by atoms with E-state index >= 15 is 0 Å². The number of benzene rings is 3. The Labute approximate surface area is 144 Å². The van der Waals surface area contributed by atoms with E-state index in [1.165, 1.54) is 5.39 Å². The van der Waals surface area contributed by atoms with Gasteiger partial charge in [0, 0.05) is 21.4 Å². The van der Waals surface area contributed by atoms with Crippen LogP contribution in [0.4, 0.5) is 11.4 Å². The summed E-state index contributed by atoms with van der Waals surface area (Å²) >= 11 is 17.3. The number of fused-ring (bicyclic) bond motifs is 1. The zero-order valence-electron chi connectivity index (χ0n) is 11.4. The predicted octanol–water partition coefficient (Wildman–Crippen LogP) is 5.96. The van der Waals surface area contributed by atoms with Gasteiger partial charge >= 0.3 is 0 Å². The highest BCUT2D eigenvalue weighted by atomic mass is 35.5. The maximum Gasteiger partial charge on any atom is 0.175 e. The third-order valence-corrected chi connectivity index (χ3v) is 3.77. The molecular formula is C17H12Cl2N2S. The van der Waals surface area contributed by atoms with Crippen molar-refractivity contribution in [3.05, 3.63) is 70.7 Å².